The van der Waals surface area contributed by atoms with Crippen LogP contribution in [0.4, 0.5) is 0 Å². The molecule has 0 aliphatic heterocycles. The molecule has 0 saturated heterocycles. The van der Waals surface area contributed by atoms with Gasteiger partial charge in [-0.15, -0.1) is 0 Å². The molecule has 0 unspecified atom stereocenters. The van der Waals surface area contributed by atoms with Gasteiger partial charge in [-0.1, -0.05) is 67.6 Å². The molecule has 0 aromatic heterocycles. The Hall–Kier alpha value is -1.41. The van der Waals surface area contributed by atoms with E-state index in [1.54, 1.807) is 0 Å². The first-order valence-electron chi connectivity index (χ1n) is 8.10. The minimum Gasteiger partial charge on any atom is -0.396 e. The van der Waals surface area contributed by atoms with Crippen LogP contribution in [-0.4, -0.2) is 28.6 Å². The Morgan fingerprint density at radius 1 is 0.913 bits per heavy atom. The Kier molecular flexibility index (Phi) is 6.59. The van der Waals surface area contributed by atoms with Crippen molar-refractivity contribution in [3.63, 3.8) is 0 Å². The van der Waals surface area contributed by atoms with E-state index in [4.69, 9.17) is 5.11 Å². The number of hydrogen-bond donors (Lipinski definition) is 2. The molecule has 3 nitrogen and oxygen atoms in total. The first kappa shape index (κ1) is 17.9. The van der Waals surface area contributed by atoms with E-state index in [2.05, 4.69) is 0 Å². The molecule has 2 aromatic carbocycles. The molecular weight excluding hydrogens is 307 g/mol. The summed E-state index contributed by atoms with van der Waals surface area (Å²) in [4.78, 5) is 0. The third-order valence-electron chi connectivity index (χ3n) is 4.32. The van der Waals surface area contributed by atoms with Gasteiger partial charge in [-0.25, -0.2) is 0 Å². The number of aliphatic hydroxyl groups excluding tert-OH is 2. The summed E-state index contributed by atoms with van der Waals surface area (Å²) < 4.78 is 14.0. The lowest BCUT2D eigenvalue weighted by atomic mass is 10.1. The summed E-state index contributed by atoms with van der Waals surface area (Å²) in [6.07, 6.45) is 1.27. The second-order valence-corrected chi connectivity index (χ2v) is 9.02. The maximum absolute atomic E-state index is 14.0. The highest BCUT2D eigenvalue weighted by Gasteiger charge is 2.37. The zero-order valence-electron chi connectivity index (χ0n) is 13.5. The Bertz CT molecular complexity index is 584. The van der Waals surface area contributed by atoms with Gasteiger partial charge in [0.1, 0.15) is 7.14 Å². The van der Waals surface area contributed by atoms with Crippen LogP contribution < -0.4 is 10.6 Å². The van der Waals surface area contributed by atoms with Crippen LogP contribution in [0, 0.1) is 0 Å². The van der Waals surface area contributed by atoms with Crippen molar-refractivity contribution in [2.75, 3.05) is 6.61 Å². The molecule has 124 valence electrons. The van der Waals surface area contributed by atoms with Gasteiger partial charge in [-0.2, -0.15) is 0 Å². The lowest BCUT2D eigenvalue weighted by Gasteiger charge is -2.29. The maximum atomic E-state index is 14.0. The number of hydrogen-bond acceptors (Lipinski definition) is 3. The monoisotopic (exact) mass is 332 g/mol. The standard InChI is InChI=1S/C19H25O3P/c1-16(19(21)14-8-9-15-20)23(22,17-10-4-2-5-11-17)18-12-6-3-7-13-18/h2-7,10-13,16,19-21H,8-9,14-15H2,1H3/t16-,19-/m0/s1. The topological polar surface area (TPSA) is 57.5 Å². The maximum Gasteiger partial charge on any atom is 0.148 e. The predicted octanol–water partition coefficient (Wildman–Crippen LogP) is 2.91. The zero-order chi connectivity index (χ0) is 16.7. The molecule has 23 heavy (non-hydrogen) atoms. The van der Waals surface area contributed by atoms with E-state index in [1.165, 1.54) is 0 Å². The summed E-state index contributed by atoms with van der Waals surface area (Å²) in [5.41, 5.74) is -0.369. The third kappa shape index (κ3) is 4.11. The highest BCUT2D eigenvalue weighted by Crippen LogP contribution is 2.50. The molecule has 0 spiro atoms. The molecule has 0 saturated carbocycles. The van der Waals surface area contributed by atoms with Crippen molar-refractivity contribution in [3.05, 3.63) is 60.7 Å². The second kappa shape index (κ2) is 8.44. The van der Waals surface area contributed by atoms with Gasteiger partial charge in [-0.3, -0.25) is 0 Å². The average molecular weight is 332 g/mol. The van der Waals surface area contributed by atoms with E-state index in [-0.39, 0.29) is 12.3 Å². The molecular formula is C19H25O3P. The van der Waals surface area contributed by atoms with Crippen LogP contribution in [0.2, 0.25) is 0 Å². The Morgan fingerprint density at radius 3 is 1.83 bits per heavy atom. The van der Waals surface area contributed by atoms with Gasteiger partial charge in [0.15, 0.2) is 0 Å². The average Bonchev–Trinajstić information content (AvgIpc) is 2.62. The highest BCUT2D eigenvalue weighted by atomic mass is 31.2. The van der Waals surface area contributed by atoms with E-state index in [1.807, 2.05) is 67.6 Å². The molecule has 2 aromatic rings. The molecule has 2 rings (SSSR count). The smallest absolute Gasteiger partial charge is 0.148 e. The molecule has 0 bridgehead atoms. The summed E-state index contributed by atoms with van der Waals surface area (Å²) in [6, 6.07) is 18.9. The fourth-order valence-electron chi connectivity index (χ4n) is 2.87. The fourth-order valence-corrected chi connectivity index (χ4v) is 5.97. The molecule has 0 fully saturated rings. The molecule has 2 N–H and O–H groups in total. The van der Waals surface area contributed by atoms with Crippen molar-refractivity contribution in [3.8, 4) is 0 Å². The van der Waals surface area contributed by atoms with Crippen LogP contribution in [-0.2, 0) is 4.57 Å². The number of rotatable bonds is 8. The number of unbranched alkanes of at least 4 members (excludes halogenated alkanes) is 1. The summed E-state index contributed by atoms with van der Waals surface area (Å²) in [7, 11) is -2.93. The lowest BCUT2D eigenvalue weighted by molar-refractivity contribution is 0.155. The van der Waals surface area contributed by atoms with Gasteiger partial charge in [0.2, 0.25) is 0 Å². The number of benzene rings is 2. The first-order valence-corrected chi connectivity index (χ1v) is 9.88. The molecule has 0 heterocycles. The van der Waals surface area contributed by atoms with Gasteiger partial charge in [0, 0.05) is 22.9 Å². The first-order chi connectivity index (χ1) is 11.1. The predicted molar refractivity (Wildman–Crippen MR) is 96.2 cm³/mol. The quantitative estimate of drug-likeness (QED) is 0.577. The summed E-state index contributed by atoms with van der Waals surface area (Å²) in [5.74, 6) is 0. The van der Waals surface area contributed by atoms with Crippen LogP contribution in [0.3, 0.4) is 0 Å². The molecule has 0 amide bonds. The van der Waals surface area contributed by atoms with E-state index >= 15 is 0 Å². The lowest BCUT2D eigenvalue weighted by Crippen LogP contribution is -2.32. The second-order valence-electron chi connectivity index (χ2n) is 5.86. The third-order valence-corrected chi connectivity index (χ3v) is 7.94. The largest absolute Gasteiger partial charge is 0.396 e. The van der Waals surface area contributed by atoms with E-state index < -0.39 is 13.2 Å². The van der Waals surface area contributed by atoms with Gasteiger partial charge in [0.05, 0.1) is 6.10 Å². The normalized spacial score (nSPS) is 14.4. The van der Waals surface area contributed by atoms with Gasteiger partial charge >= 0.3 is 0 Å². The Balaban J connectivity index is 2.37. The zero-order valence-corrected chi connectivity index (χ0v) is 14.4. The van der Waals surface area contributed by atoms with Crippen LogP contribution >= 0.6 is 7.14 Å². The summed E-state index contributed by atoms with van der Waals surface area (Å²) in [6.45, 7) is 1.99. The van der Waals surface area contributed by atoms with Crippen LogP contribution in [0.1, 0.15) is 26.2 Å². The Labute approximate surface area is 138 Å². The minimum absolute atomic E-state index is 0.121. The minimum atomic E-state index is -2.93. The Morgan fingerprint density at radius 2 is 1.39 bits per heavy atom. The van der Waals surface area contributed by atoms with Crippen LogP contribution in [0.15, 0.2) is 60.7 Å². The number of aliphatic hydroxyl groups is 2. The van der Waals surface area contributed by atoms with Crippen LogP contribution in [0.25, 0.3) is 0 Å². The molecule has 0 radical (unpaired) electrons. The van der Waals surface area contributed by atoms with Crippen molar-refractivity contribution in [1.82, 2.24) is 0 Å². The van der Waals surface area contributed by atoms with E-state index in [0.29, 0.717) is 12.8 Å². The van der Waals surface area contributed by atoms with Gasteiger partial charge < -0.3 is 14.8 Å². The van der Waals surface area contributed by atoms with Crippen LogP contribution in [0.5, 0.6) is 0 Å². The molecule has 0 aliphatic rings. The van der Waals surface area contributed by atoms with E-state index in [9.17, 15) is 9.67 Å². The fraction of sp³-hybridized carbons (Fsp3) is 0.368. The van der Waals surface area contributed by atoms with Crippen molar-refractivity contribution >= 4 is 17.8 Å². The molecule has 2 atom stereocenters. The van der Waals surface area contributed by atoms with Crippen molar-refractivity contribution in [2.24, 2.45) is 0 Å². The molecule has 4 heteroatoms. The van der Waals surface area contributed by atoms with Gasteiger partial charge in [0.25, 0.3) is 0 Å². The summed E-state index contributed by atoms with van der Waals surface area (Å²) in [5, 5.41) is 21.0. The van der Waals surface area contributed by atoms with Crippen molar-refractivity contribution in [2.45, 2.75) is 37.9 Å². The molecule has 0 aliphatic carbocycles. The van der Waals surface area contributed by atoms with E-state index in [0.717, 1.165) is 17.0 Å². The summed E-state index contributed by atoms with van der Waals surface area (Å²) >= 11 is 0. The van der Waals surface area contributed by atoms with Crippen molar-refractivity contribution < 1.29 is 14.8 Å². The highest BCUT2D eigenvalue weighted by molar-refractivity contribution is 7.79. The SMILES string of the molecule is C[C@@H]([C@@H](O)CCCCO)P(=O)(c1ccccc1)c1ccccc1. The van der Waals surface area contributed by atoms with Gasteiger partial charge in [-0.05, 0) is 19.3 Å². The van der Waals surface area contributed by atoms with Crippen molar-refractivity contribution in [1.29, 1.82) is 0 Å².